The molecule has 0 aliphatic heterocycles. The van der Waals surface area contributed by atoms with Gasteiger partial charge in [0.15, 0.2) is 5.65 Å². The molecular formula is C22H24BrN7O. The molecule has 1 aromatic carbocycles. The summed E-state index contributed by atoms with van der Waals surface area (Å²) in [6.07, 6.45) is 4.17. The highest BCUT2D eigenvalue weighted by Crippen LogP contribution is 2.39. The van der Waals surface area contributed by atoms with E-state index in [1.807, 2.05) is 32.9 Å². The van der Waals surface area contributed by atoms with Crippen molar-refractivity contribution in [3.05, 3.63) is 39.6 Å². The van der Waals surface area contributed by atoms with Gasteiger partial charge in [-0.3, -0.25) is 4.79 Å². The Hall–Kier alpha value is -2.99. The lowest BCUT2D eigenvalue weighted by molar-refractivity contribution is -0.129. The monoisotopic (exact) mass is 481 g/mol. The molecule has 0 radical (unpaired) electrons. The maximum absolute atomic E-state index is 12.2. The zero-order chi connectivity index (χ0) is 22.3. The fraction of sp³-hybridized carbons (Fsp3) is 0.409. The molecule has 1 amide bonds. The van der Waals surface area contributed by atoms with Crippen LogP contribution in [0.1, 0.15) is 42.9 Å². The quantitative estimate of drug-likeness (QED) is 0.586. The fourth-order valence-corrected chi connectivity index (χ4v) is 4.85. The van der Waals surface area contributed by atoms with Crippen LogP contribution >= 0.6 is 15.9 Å². The van der Waals surface area contributed by atoms with Crippen LogP contribution in [0.5, 0.6) is 0 Å². The van der Waals surface area contributed by atoms with Crippen molar-refractivity contribution in [3.63, 3.8) is 0 Å². The van der Waals surface area contributed by atoms with E-state index in [9.17, 15) is 10.1 Å². The van der Waals surface area contributed by atoms with E-state index in [1.165, 1.54) is 0 Å². The molecule has 9 heteroatoms. The number of nitriles is 1. The number of carbonyl (C=O) groups is 1. The second-order valence-corrected chi connectivity index (χ2v) is 9.17. The van der Waals surface area contributed by atoms with Crippen LogP contribution in [0.15, 0.2) is 22.9 Å². The number of nitrogens with one attached hydrogen (secondary N) is 2. The largest absolute Gasteiger partial charge is 0.359 e. The van der Waals surface area contributed by atoms with Crippen molar-refractivity contribution >= 4 is 38.8 Å². The van der Waals surface area contributed by atoms with E-state index in [0.717, 1.165) is 41.5 Å². The first-order valence-electron chi connectivity index (χ1n) is 10.2. The minimum absolute atomic E-state index is 0.0710. The maximum atomic E-state index is 12.2. The van der Waals surface area contributed by atoms with E-state index in [2.05, 4.69) is 42.7 Å². The van der Waals surface area contributed by atoms with Gasteiger partial charge in [-0.1, -0.05) is 6.92 Å². The Morgan fingerprint density at radius 1 is 1.35 bits per heavy atom. The van der Waals surface area contributed by atoms with Crippen molar-refractivity contribution in [2.24, 2.45) is 5.41 Å². The molecule has 1 aliphatic rings. The van der Waals surface area contributed by atoms with Gasteiger partial charge in [-0.05, 0) is 72.3 Å². The Kier molecular flexibility index (Phi) is 5.43. The van der Waals surface area contributed by atoms with Crippen LogP contribution < -0.4 is 10.6 Å². The lowest BCUT2D eigenvalue weighted by Gasteiger charge is -2.22. The molecule has 8 nitrogen and oxygen atoms in total. The fourth-order valence-electron chi connectivity index (χ4n) is 4.41. The van der Waals surface area contributed by atoms with Crippen molar-refractivity contribution in [2.45, 2.75) is 46.1 Å². The third-order valence-corrected chi connectivity index (χ3v) is 6.69. The summed E-state index contributed by atoms with van der Waals surface area (Å²) in [7, 11) is 1.68. The molecule has 4 rings (SSSR count). The summed E-state index contributed by atoms with van der Waals surface area (Å²) in [4.78, 5) is 21.4. The molecule has 0 spiro atoms. The van der Waals surface area contributed by atoms with Crippen LogP contribution in [-0.2, 0) is 4.79 Å². The summed E-state index contributed by atoms with van der Waals surface area (Å²) in [5.74, 6) is 0.580. The Bertz CT molecular complexity index is 1210. The molecular weight excluding hydrogens is 458 g/mol. The van der Waals surface area contributed by atoms with Gasteiger partial charge in [0.1, 0.15) is 4.60 Å². The maximum Gasteiger partial charge on any atom is 0.225 e. The first kappa shape index (κ1) is 21.2. The van der Waals surface area contributed by atoms with Gasteiger partial charge in [0.05, 0.1) is 22.7 Å². The van der Waals surface area contributed by atoms with E-state index in [0.29, 0.717) is 21.8 Å². The van der Waals surface area contributed by atoms with Crippen molar-refractivity contribution in [2.75, 3.05) is 12.4 Å². The number of amides is 1. The molecule has 2 aromatic heterocycles. The average molecular weight is 482 g/mol. The van der Waals surface area contributed by atoms with E-state index >= 15 is 0 Å². The van der Waals surface area contributed by atoms with E-state index in [-0.39, 0.29) is 17.4 Å². The molecule has 31 heavy (non-hydrogen) atoms. The van der Waals surface area contributed by atoms with Gasteiger partial charge in [0, 0.05) is 24.7 Å². The van der Waals surface area contributed by atoms with E-state index in [1.54, 1.807) is 17.9 Å². The predicted molar refractivity (Wildman–Crippen MR) is 122 cm³/mol. The zero-order valence-electron chi connectivity index (χ0n) is 18.0. The van der Waals surface area contributed by atoms with Crippen molar-refractivity contribution in [1.82, 2.24) is 25.1 Å². The smallest absolute Gasteiger partial charge is 0.225 e. The van der Waals surface area contributed by atoms with Crippen LogP contribution in [0.2, 0.25) is 0 Å². The third-order valence-electron chi connectivity index (χ3n) is 6.10. The van der Waals surface area contributed by atoms with E-state index < -0.39 is 0 Å². The van der Waals surface area contributed by atoms with E-state index in [4.69, 9.17) is 4.98 Å². The van der Waals surface area contributed by atoms with Gasteiger partial charge in [0.2, 0.25) is 11.9 Å². The summed E-state index contributed by atoms with van der Waals surface area (Å²) in [5, 5.41) is 20.9. The van der Waals surface area contributed by atoms with Gasteiger partial charge in [-0.15, -0.1) is 0 Å². The summed E-state index contributed by atoms with van der Waals surface area (Å²) in [6.45, 7) is 5.84. The highest BCUT2D eigenvalue weighted by molar-refractivity contribution is 9.10. The van der Waals surface area contributed by atoms with Crippen LogP contribution in [-0.4, -0.2) is 38.7 Å². The number of carbonyl (C=O) groups excluding carboxylic acids is 1. The summed E-state index contributed by atoms with van der Waals surface area (Å²) < 4.78 is 2.42. The third kappa shape index (κ3) is 3.76. The van der Waals surface area contributed by atoms with Crippen LogP contribution in [0.3, 0.4) is 0 Å². The van der Waals surface area contributed by atoms with Gasteiger partial charge < -0.3 is 10.6 Å². The number of hydrogen-bond donors (Lipinski definition) is 2. The minimum atomic E-state index is -0.376. The number of anilines is 1. The van der Waals surface area contributed by atoms with Crippen molar-refractivity contribution in [3.8, 4) is 11.8 Å². The number of aryl methyl sites for hydroxylation is 2. The Morgan fingerprint density at radius 2 is 2.06 bits per heavy atom. The molecule has 2 N–H and O–H groups in total. The van der Waals surface area contributed by atoms with Crippen LogP contribution in [0.4, 0.5) is 5.95 Å². The Labute approximate surface area is 189 Å². The van der Waals surface area contributed by atoms with Gasteiger partial charge >= 0.3 is 0 Å². The Balaban J connectivity index is 1.68. The predicted octanol–water partition coefficient (Wildman–Crippen LogP) is 3.78. The standard InChI is InChI=1S/C22H24BrN7O/c1-12-7-15(8-13(2)16(12)10-24)30-19-17(18(23)29-30)11-26-21(28-19)27-14-5-6-22(3,9-14)20(31)25-4/h7-8,11,14H,5-6,9H2,1-4H3,(H,25,31)(H,26,27,28)/t14-,22-/m1/s1. The van der Waals surface area contributed by atoms with Gasteiger partial charge in [-0.25, -0.2) is 9.67 Å². The number of fused-ring (bicyclic) bond motifs is 1. The molecule has 3 aromatic rings. The Morgan fingerprint density at radius 3 is 2.71 bits per heavy atom. The van der Waals surface area contributed by atoms with Gasteiger partial charge in [-0.2, -0.15) is 15.3 Å². The summed E-state index contributed by atoms with van der Waals surface area (Å²) >= 11 is 3.50. The second-order valence-electron chi connectivity index (χ2n) is 8.42. The van der Waals surface area contributed by atoms with Crippen LogP contribution in [0.25, 0.3) is 16.7 Å². The number of rotatable bonds is 4. The second kappa shape index (κ2) is 7.93. The molecule has 2 heterocycles. The number of hydrogen-bond acceptors (Lipinski definition) is 6. The highest BCUT2D eigenvalue weighted by atomic mass is 79.9. The molecule has 160 valence electrons. The first-order valence-corrected chi connectivity index (χ1v) is 11.0. The number of benzene rings is 1. The zero-order valence-corrected chi connectivity index (χ0v) is 19.5. The molecule has 0 unspecified atom stereocenters. The number of nitrogens with zero attached hydrogens (tertiary/aromatic N) is 5. The van der Waals surface area contributed by atoms with Crippen molar-refractivity contribution < 1.29 is 4.79 Å². The highest BCUT2D eigenvalue weighted by Gasteiger charge is 2.40. The molecule has 2 atom stereocenters. The minimum Gasteiger partial charge on any atom is -0.359 e. The molecule has 1 aliphatic carbocycles. The topological polar surface area (TPSA) is 109 Å². The molecule has 1 fully saturated rings. The normalized spacial score (nSPS) is 20.6. The summed E-state index contributed by atoms with van der Waals surface area (Å²) in [6, 6.07) is 6.25. The lowest BCUT2D eigenvalue weighted by atomic mass is 9.87. The number of aromatic nitrogens is 4. The lowest BCUT2D eigenvalue weighted by Crippen LogP contribution is -2.35. The molecule has 1 saturated carbocycles. The number of halogens is 1. The van der Waals surface area contributed by atoms with Gasteiger partial charge in [0.25, 0.3) is 0 Å². The average Bonchev–Trinajstić information content (AvgIpc) is 3.27. The first-order chi connectivity index (χ1) is 14.8. The van der Waals surface area contributed by atoms with Crippen LogP contribution in [0, 0.1) is 30.6 Å². The van der Waals surface area contributed by atoms with Crippen molar-refractivity contribution in [1.29, 1.82) is 5.26 Å². The SMILES string of the molecule is CNC(=O)[C@]1(C)CC[C@@H](Nc2ncc3c(Br)nn(-c4cc(C)c(C#N)c(C)c4)c3n2)C1. The summed E-state index contributed by atoms with van der Waals surface area (Å²) in [5.41, 5.74) is 3.59. The molecule has 0 bridgehead atoms. The molecule has 0 saturated heterocycles.